The van der Waals surface area contributed by atoms with Crippen LogP contribution in [0.5, 0.6) is 0 Å². The Hall–Kier alpha value is -15.2. The van der Waals surface area contributed by atoms with Crippen LogP contribution in [0.1, 0.15) is 193 Å². The fraction of sp³-hybridized carbons (Fsp3) is 0.306. The Labute approximate surface area is 850 Å². The molecule has 0 aliphatic carbocycles. The number of amides is 1. The molecule has 16 aromatic rings. The number of fused-ring (bicyclic) bond motifs is 4. The number of carboxylic acids is 1. The third-order valence-corrected chi connectivity index (χ3v) is 21.4. The van der Waals surface area contributed by atoms with Crippen LogP contribution in [0.4, 0.5) is 80.6 Å². The van der Waals surface area contributed by atoms with Gasteiger partial charge in [0.1, 0.15) is 91.4 Å². The largest absolute Gasteiger partial charge is 1.00 e. The maximum Gasteiger partial charge on any atom is 1.00 e. The van der Waals surface area contributed by atoms with E-state index in [1.165, 1.54) is 119 Å². The molecule has 2 aliphatic heterocycles. The SMILES string of the molecule is C.C.C1CCOC1.COC(=O)c1ccnc(N)c1.COC(=O)c1ccnc(Nc2ncc(F)c(-c3cc(F)c4nc(C)n(C(C)C)c4c3)n2)c1.Cc1nc2c(F)cc(-c3nc(Cl)ncc3F)cc2n1C(C)C.Cc1nc2c(F)cc(-c3nc(Nc4cc(C(=O)NOC5CCCCO5)ccn4)ncc3F)cc2n1C(C)C.Cc1nc2c(F)cc(-c3nc(Nc4cc(C(=O)O)ccn4)ncc3F)cc2n1C(C)C.O.[2H]CF.[Li+].[OH-]. The number of benzene rings is 4. The zero-order chi connectivity index (χ0) is 103. The minimum Gasteiger partial charge on any atom is -0.870 e. The summed E-state index contributed by atoms with van der Waals surface area (Å²) in [6.45, 7) is 25.5. The number of aromatic nitrogens is 20. The van der Waals surface area contributed by atoms with Crippen molar-refractivity contribution >= 4 is 121 Å². The van der Waals surface area contributed by atoms with Gasteiger partial charge in [0.05, 0.1) is 86.3 Å². The minimum absolute atomic E-state index is 0. The molecule has 2 saturated heterocycles. The second-order valence-corrected chi connectivity index (χ2v) is 32.7. The van der Waals surface area contributed by atoms with Crippen LogP contribution in [0.2, 0.25) is 5.28 Å². The van der Waals surface area contributed by atoms with Crippen LogP contribution in [0.25, 0.3) is 89.2 Å². The smallest absolute Gasteiger partial charge is 0.870 e. The molecule has 1 amide bonds. The molecular weight excluding hydrogens is 1930 g/mol. The van der Waals surface area contributed by atoms with Gasteiger partial charge in [-0.1, -0.05) is 14.9 Å². The molecule has 0 saturated carbocycles. The number of nitrogen functional groups attached to an aromatic ring is 1. The summed E-state index contributed by atoms with van der Waals surface area (Å²) in [7, 11) is 1.59. The van der Waals surface area contributed by atoms with Gasteiger partial charge in [-0.15, -0.1) is 0 Å². The normalized spacial score (nSPS) is 12.3. The number of rotatable bonds is 20. The summed E-state index contributed by atoms with van der Waals surface area (Å²) in [4.78, 5) is 117. The van der Waals surface area contributed by atoms with E-state index in [0.717, 1.165) is 50.8 Å². The molecule has 2 aliphatic rings. The van der Waals surface area contributed by atoms with E-state index in [-0.39, 0.29) is 188 Å². The first-order valence-corrected chi connectivity index (χ1v) is 44.0. The van der Waals surface area contributed by atoms with Gasteiger partial charge in [-0.25, -0.2) is 140 Å². The number of ether oxygens (including phenoxy) is 4. The first-order valence-electron chi connectivity index (χ1n) is 44.4. The number of carbonyl (C=O) groups is 4. The van der Waals surface area contributed by atoms with Crippen LogP contribution < -0.4 is 46.0 Å². The molecule has 10 N–H and O–H groups in total. The van der Waals surface area contributed by atoms with Crippen molar-refractivity contribution in [1.82, 2.24) is 103 Å². The number of imidazole rings is 4. The van der Waals surface area contributed by atoms with Gasteiger partial charge in [-0.3, -0.25) is 9.18 Å². The number of aryl methyl sites for hydroxylation is 4. The number of pyridine rings is 4. The second-order valence-electron chi connectivity index (χ2n) is 32.4. The van der Waals surface area contributed by atoms with Crippen LogP contribution in [0, 0.1) is 74.2 Å². The number of nitrogens with zero attached hydrogens (tertiary/aromatic N) is 20. The average molecular weight is 2040 g/mol. The Morgan fingerprint density at radius 3 is 1.07 bits per heavy atom. The molecule has 12 aromatic heterocycles. The molecule has 768 valence electrons. The van der Waals surface area contributed by atoms with Crippen molar-refractivity contribution in [3.63, 3.8) is 0 Å². The van der Waals surface area contributed by atoms with E-state index in [2.05, 4.69) is 106 Å². The number of alkyl halides is 1. The molecule has 48 heteroatoms. The summed E-state index contributed by atoms with van der Waals surface area (Å²) >= 11 is 5.71. The summed E-state index contributed by atoms with van der Waals surface area (Å²) in [6.07, 6.45) is 14.2. The molecule has 37 nitrogen and oxygen atoms in total. The third-order valence-electron chi connectivity index (χ3n) is 21.2. The van der Waals surface area contributed by atoms with Gasteiger partial charge >= 0.3 is 36.8 Å². The van der Waals surface area contributed by atoms with Crippen molar-refractivity contribution < 1.29 is 119 Å². The first-order chi connectivity index (χ1) is 67.8. The summed E-state index contributed by atoms with van der Waals surface area (Å²) in [5, 5.41) is 17.5. The van der Waals surface area contributed by atoms with E-state index in [1.54, 1.807) is 58.0 Å². The van der Waals surface area contributed by atoms with Gasteiger partial charge in [-0.05, 0) is 217 Å². The molecule has 2 fully saturated rings. The Bertz CT molecular complexity index is 7280. The fourth-order valence-corrected chi connectivity index (χ4v) is 15.3. The number of anilines is 7. The van der Waals surface area contributed by atoms with E-state index in [1.807, 2.05) is 73.7 Å². The van der Waals surface area contributed by atoms with E-state index < -0.39 is 83.8 Å². The van der Waals surface area contributed by atoms with E-state index in [0.29, 0.717) is 75.3 Å². The van der Waals surface area contributed by atoms with Crippen molar-refractivity contribution in [2.45, 2.75) is 160 Å². The van der Waals surface area contributed by atoms with Gasteiger partial charge in [0.2, 0.25) is 23.1 Å². The van der Waals surface area contributed by atoms with Crippen LogP contribution in [0.15, 0.2) is 147 Å². The second kappa shape index (κ2) is 53.4. The van der Waals surface area contributed by atoms with E-state index in [4.69, 9.17) is 42.9 Å². The van der Waals surface area contributed by atoms with Crippen LogP contribution in [0.3, 0.4) is 0 Å². The van der Waals surface area contributed by atoms with Gasteiger partial charge in [0.15, 0.2) is 52.8 Å². The van der Waals surface area contributed by atoms with Gasteiger partial charge in [0, 0.05) is 103 Å². The summed E-state index contributed by atoms with van der Waals surface area (Å²) in [5.74, 6) is -3.90. The Kier molecular flexibility index (Phi) is 42.5. The Morgan fingerprint density at radius 2 is 0.753 bits per heavy atom. The zero-order valence-electron chi connectivity index (χ0n) is 81.5. The van der Waals surface area contributed by atoms with Crippen LogP contribution in [-0.4, -0.2) is 185 Å². The molecular formula is C98H108ClF9LiN25O12. The number of nitrogens with two attached hydrogens (primary N) is 1. The molecule has 18 rings (SSSR count). The zero-order valence-corrected chi connectivity index (χ0v) is 81.2. The quantitative estimate of drug-likeness (QED) is 0.0136. The minimum atomic E-state index is -1.12. The first kappa shape index (κ1) is 116. The predicted molar refractivity (Wildman–Crippen MR) is 527 cm³/mol. The van der Waals surface area contributed by atoms with Crippen molar-refractivity contribution in [2.24, 2.45) is 0 Å². The number of carboxylic acid groups (broad SMARTS) is 1. The maximum absolute atomic E-state index is 14.9. The number of hydrogen-bond acceptors (Lipinski definition) is 30. The Balaban J connectivity index is 0.000000250. The van der Waals surface area contributed by atoms with Crippen molar-refractivity contribution in [1.29, 1.82) is 0 Å². The predicted octanol–water partition coefficient (Wildman–Crippen LogP) is 17.5. The number of hydroxylamine groups is 1. The average Bonchev–Trinajstić information content (AvgIpc) is 1.66. The maximum atomic E-state index is 14.9. The number of aromatic carboxylic acids is 1. The molecule has 1 atom stereocenters. The summed E-state index contributed by atoms with van der Waals surface area (Å²) < 4.78 is 159. The fourth-order valence-electron chi connectivity index (χ4n) is 15.2. The molecule has 0 radical (unpaired) electrons. The number of esters is 2. The Morgan fingerprint density at radius 1 is 0.445 bits per heavy atom. The van der Waals surface area contributed by atoms with E-state index >= 15 is 0 Å². The summed E-state index contributed by atoms with van der Waals surface area (Å²) in [5.41, 5.74) is 12.5. The standard InChI is InChI=1S/C26H27F2N7O3.C22H20F2N6O2.C21H18F2N6O2.C15H13ClF2N4.C7H8N2O2.C4H8O.CH3F.2CH4.Li.2H2O/c1-14(2)35-15(3)31-24-18(27)10-17(11-20(24)35)23-19(28)13-30-26(33-23)32-21-12-16(7-8-29-21)25(36)34-38-22-6-4-5-9-37-22;1-11(2)30-12(3)27-20-15(23)7-14(8-17(20)30)19-16(24)10-26-22(29-19)28-18-9-13(5-6-25-18)21(31)32-4;1-10(2)29-11(3)26-19-14(22)6-13(7-16(19)29)18-15(23)9-25-21(28-18)27-17-8-12(20(30)31)4-5-24-17;1-7(2)22-8(3)20-14-10(17)4-9(5-12(14)22)13-11(18)6-19-15(16)21-13;1-11-7(10)5-2-3-9-6(8)4-5;1-2-4-5-3-1;1-2;;;;;/h7-8,10-14,22H,4-6,9H2,1-3H3,(H,34,36)(H,29,30,32,33);5-11H,1-4H3,(H,25,26,28,29);4-10H,1-3H3,(H,30,31)(H,24,25,27,28);4-7H,1-3H3;2-4H,1H3,(H2,8,9);1-4H2;1H3;2*1H4;;2*1H2/q;;;;;;;;;+1;;/p-1/i;;;;;;1D;;;;;. The molecule has 1 unspecified atom stereocenters. The van der Waals surface area contributed by atoms with Gasteiger partial charge in [-0.2, -0.15) is 0 Å². The van der Waals surface area contributed by atoms with Crippen LogP contribution in [-0.2, 0) is 23.8 Å². The molecule has 14 heterocycles. The number of methoxy groups -OCH3 is 2. The number of nitrogens with one attached hydrogen (secondary N) is 4. The van der Waals surface area contributed by atoms with Crippen molar-refractivity contribution in [3.05, 3.63) is 244 Å². The third kappa shape index (κ3) is 28.7. The number of carbonyl (C=O) groups excluding carboxylic acids is 3. The number of hydrogen-bond donors (Lipinski definition) is 6. The molecule has 4 aromatic carbocycles. The number of halogens is 10. The molecule has 146 heavy (non-hydrogen) atoms. The topological polar surface area (TPSA) is 496 Å². The van der Waals surface area contributed by atoms with Gasteiger partial charge in [0.25, 0.3) is 5.91 Å². The monoisotopic (exact) mass is 2040 g/mol. The van der Waals surface area contributed by atoms with Crippen molar-refractivity contribution in [2.75, 3.05) is 62.9 Å². The van der Waals surface area contributed by atoms with Crippen molar-refractivity contribution in [3.8, 4) is 45.0 Å². The molecule has 0 spiro atoms. The van der Waals surface area contributed by atoms with Crippen LogP contribution >= 0.6 is 11.6 Å². The van der Waals surface area contributed by atoms with E-state index in [9.17, 15) is 58.7 Å². The molecule has 0 bridgehead atoms. The van der Waals surface area contributed by atoms with Gasteiger partial charge < -0.3 is 75.0 Å². The summed E-state index contributed by atoms with van der Waals surface area (Å²) in [6, 6.07) is 23.2.